The largest absolute Gasteiger partial charge is 0.448 e. The van der Waals surface area contributed by atoms with Crippen LogP contribution in [0.3, 0.4) is 0 Å². The highest BCUT2D eigenvalue weighted by Crippen LogP contribution is 2.33. The summed E-state index contributed by atoms with van der Waals surface area (Å²) in [5, 5.41) is 12.6. The summed E-state index contributed by atoms with van der Waals surface area (Å²) in [6.45, 7) is 7.16. The molecule has 0 aliphatic carbocycles. The molecule has 0 aliphatic rings. The van der Waals surface area contributed by atoms with E-state index in [1.54, 1.807) is 45.9 Å². The van der Waals surface area contributed by atoms with Crippen molar-refractivity contribution >= 4 is 33.4 Å². The van der Waals surface area contributed by atoms with E-state index in [9.17, 15) is 9.90 Å². The summed E-state index contributed by atoms with van der Waals surface area (Å²) in [5.74, 6) is 0. The summed E-state index contributed by atoms with van der Waals surface area (Å²) in [5.41, 5.74) is 9.60. The molecule has 10 nitrogen and oxygen atoms in total. The van der Waals surface area contributed by atoms with Crippen molar-refractivity contribution in [2.75, 3.05) is 70.5 Å². The van der Waals surface area contributed by atoms with Crippen molar-refractivity contribution in [2.45, 2.75) is 25.2 Å². The normalized spacial score (nSPS) is 11.2. The van der Waals surface area contributed by atoms with Crippen LogP contribution in [0.5, 0.6) is 0 Å². The van der Waals surface area contributed by atoms with Crippen molar-refractivity contribution in [2.24, 2.45) is 5.11 Å². The Balaban J connectivity index is 2.43. The molecule has 0 heterocycles. The number of hydrogen-bond acceptors (Lipinski definition) is 9. The molecular weight excluding hydrogens is 468 g/mol. The first-order chi connectivity index (χ1) is 15.9. The highest BCUT2D eigenvalue weighted by Gasteiger charge is 2.24. The molecule has 0 spiro atoms. The Morgan fingerprint density at radius 3 is 2.27 bits per heavy atom. The van der Waals surface area contributed by atoms with E-state index < -0.39 is 6.09 Å². The van der Waals surface area contributed by atoms with Crippen LogP contribution in [-0.2, 0) is 25.6 Å². The topological polar surface area (TPSA) is 126 Å². The number of amides is 1. The van der Waals surface area contributed by atoms with Crippen molar-refractivity contribution in [3.63, 3.8) is 0 Å². The van der Waals surface area contributed by atoms with Crippen LogP contribution in [0.4, 0.5) is 10.5 Å². The first-order valence-electron chi connectivity index (χ1n) is 10.5. The van der Waals surface area contributed by atoms with Crippen LogP contribution in [0.1, 0.15) is 19.4 Å². The van der Waals surface area contributed by atoms with Crippen LogP contribution in [-0.4, -0.2) is 81.5 Å². The van der Waals surface area contributed by atoms with Gasteiger partial charge in [-0.15, -0.1) is 0 Å². The van der Waals surface area contributed by atoms with Gasteiger partial charge in [-0.1, -0.05) is 38.8 Å². The number of carbonyl (C=O) groups is 1. The second-order valence-electron chi connectivity index (χ2n) is 7.33. The quantitative estimate of drug-likeness (QED) is 0.104. The molecule has 12 heteroatoms. The molecule has 0 aliphatic heterocycles. The molecule has 1 N–H and O–H groups in total. The molecular formula is C21H34N4O6S2. The minimum Gasteiger partial charge on any atom is -0.448 e. The van der Waals surface area contributed by atoms with E-state index in [1.807, 2.05) is 20.1 Å². The van der Waals surface area contributed by atoms with Gasteiger partial charge < -0.3 is 24.1 Å². The summed E-state index contributed by atoms with van der Waals surface area (Å²) in [6.07, 6.45) is 1.54. The van der Waals surface area contributed by atoms with E-state index in [1.165, 1.54) is 4.90 Å². The Kier molecular flexibility index (Phi) is 15.8. The number of anilines is 1. The minimum atomic E-state index is -0.445. The highest BCUT2D eigenvalue weighted by atomic mass is 33.1. The number of nitrogens with zero attached hydrogens (tertiary/aromatic N) is 4. The van der Waals surface area contributed by atoms with Crippen LogP contribution >= 0.6 is 21.6 Å². The Labute approximate surface area is 203 Å². The van der Waals surface area contributed by atoms with E-state index in [0.717, 1.165) is 5.56 Å². The van der Waals surface area contributed by atoms with Gasteiger partial charge in [-0.2, -0.15) is 0 Å². The monoisotopic (exact) mass is 502 g/mol. The molecule has 0 aromatic heterocycles. The number of rotatable bonds is 18. The van der Waals surface area contributed by atoms with Crippen LogP contribution in [0.2, 0.25) is 0 Å². The Bertz CT molecular complexity index is 717. The predicted molar refractivity (Wildman–Crippen MR) is 133 cm³/mol. The Morgan fingerprint density at radius 1 is 1.09 bits per heavy atom. The number of aliphatic hydroxyl groups excluding tert-OH is 1. The van der Waals surface area contributed by atoms with E-state index in [0.29, 0.717) is 58.4 Å². The number of azide groups is 1. The first-order valence-corrected chi connectivity index (χ1v) is 13.1. The van der Waals surface area contributed by atoms with Crippen LogP contribution in [0.25, 0.3) is 10.4 Å². The van der Waals surface area contributed by atoms with Gasteiger partial charge >= 0.3 is 6.09 Å². The number of benzene rings is 1. The number of carbonyl (C=O) groups excluding carboxylic acids is 1. The zero-order valence-corrected chi connectivity index (χ0v) is 21.1. The molecule has 0 saturated carbocycles. The van der Waals surface area contributed by atoms with Crippen molar-refractivity contribution in [1.29, 1.82) is 0 Å². The molecule has 0 saturated heterocycles. The second kappa shape index (κ2) is 17.8. The molecule has 0 fully saturated rings. The Morgan fingerprint density at radius 2 is 1.70 bits per heavy atom. The summed E-state index contributed by atoms with van der Waals surface area (Å²) < 4.78 is 21.6. The number of ether oxygens (including phenoxy) is 4. The molecule has 1 rings (SSSR count). The Hall–Kier alpha value is -1.66. The van der Waals surface area contributed by atoms with Gasteiger partial charge in [0.2, 0.25) is 0 Å². The summed E-state index contributed by atoms with van der Waals surface area (Å²) in [6, 6.07) is 7.10. The van der Waals surface area contributed by atoms with Crippen molar-refractivity contribution in [1.82, 2.24) is 0 Å². The lowest BCUT2D eigenvalue weighted by Crippen LogP contribution is -2.37. The third-order valence-electron chi connectivity index (χ3n) is 4.11. The van der Waals surface area contributed by atoms with Gasteiger partial charge in [0.1, 0.15) is 6.61 Å². The van der Waals surface area contributed by atoms with Gasteiger partial charge in [0, 0.05) is 17.1 Å². The van der Waals surface area contributed by atoms with Crippen LogP contribution < -0.4 is 4.90 Å². The summed E-state index contributed by atoms with van der Waals surface area (Å²) in [7, 11) is 3.28. The molecule has 186 valence electrons. The SMILES string of the molecule is CSSC(C)(C)COC(=O)N(CCOCCOCCOCCN=[N+]=[N-])c1ccc(CO)cc1. The molecule has 1 aromatic rings. The zero-order valence-electron chi connectivity index (χ0n) is 19.5. The van der Waals surface area contributed by atoms with Crippen LogP contribution in [0.15, 0.2) is 29.4 Å². The van der Waals surface area contributed by atoms with Crippen molar-refractivity contribution in [3.05, 3.63) is 40.3 Å². The summed E-state index contributed by atoms with van der Waals surface area (Å²) >= 11 is 0. The molecule has 0 bridgehead atoms. The maximum atomic E-state index is 12.8. The first kappa shape index (κ1) is 29.4. The van der Waals surface area contributed by atoms with Gasteiger partial charge in [0.25, 0.3) is 0 Å². The number of aliphatic hydroxyl groups is 1. The van der Waals surface area contributed by atoms with Crippen molar-refractivity contribution < 1.29 is 28.8 Å². The standard InChI is InChI=1S/C21H34N4O6S2/c1-21(2,33-32-3)17-31-20(27)25(19-6-4-18(16-26)5-7-19)9-11-29-13-15-30-14-12-28-10-8-23-24-22/h4-7,26H,8-17H2,1-3H3. The molecule has 0 atom stereocenters. The molecule has 0 unspecified atom stereocenters. The maximum absolute atomic E-state index is 12.8. The third-order valence-corrected chi connectivity index (χ3v) is 6.69. The van der Waals surface area contributed by atoms with Gasteiger partial charge in [0.05, 0.1) is 57.5 Å². The van der Waals surface area contributed by atoms with E-state index in [2.05, 4.69) is 10.0 Å². The van der Waals surface area contributed by atoms with Gasteiger partial charge in [-0.05, 0) is 43.3 Å². The van der Waals surface area contributed by atoms with E-state index in [-0.39, 0.29) is 18.0 Å². The lowest BCUT2D eigenvalue weighted by molar-refractivity contribution is 0.0172. The lowest BCUT2D eigenvalue weighted by atomic mass is 10.2. The van der Waals surface area contributed by atoms with E-state index in [4.69, 9.17) is 24.5 Å². The fourth-order valence-corrected chi connectivity index (χ4v) is 4.57. The third kappa shape index (κ3) is 13.6. The highest BCUT2D eigenvalue weighted by molar-refractivity contribution is 8.76. The van der Waals surface area contributed by atoms with Gasteiger partial charge in [0.15, 0.2) is 0 Å². The smallest absolute Gasteiger partial charge is 0.414 e. The van der Waals surface area contributed by atoms with Gasteiger partial charge in [-0.25, -0.2) is 4.79 Å². The summed E-state index contributed by atoms with van der Waals surface area (Å²) in [4.78, 5) is 17.0. The van der Waals surface area contributed by atoms with Crippen molar-refractivity contribution in [3.8, 4) is 0 Å². The average Bonchev–Trinajstić information content (AvgIpc) is 2.81. The average molecular weight is 503 g/mol. The fraction of sp³-hybridized carbons (Fsp3) is 0.667. The minimum absolute atomic E-state index is 0.0627. The van der Waals surface area contributed by atoms with Crippen LogP contribution in [0, 0.1) is 0 Å². The van der Waals surface area contributed by atoms with Gasteiger partial charge in [-0.3, -0.25) is 4.90 Å². The molecule has 0 radical (unpaired) electrons. The fourth-order valence-electron chi connectivity index (χ4n) is 2.52. The maximum Gasteiger partial charge on any atom is 0.414 e. The lowest BCUT2D eigenvalue weighted by Gasteiger charge is -2.26. The molecule has 33 heavy (non-hydrogen) atoms. The molecule has 1 aromatic carbocycles. The second-order valence-corrected chi connectivity index (χ2v) is 10.4. The molecule has 1 amide bonds. The van der Waals surface area contributed by atoms with E-state index >= 15 is 0 Å². The number of hydrogen-bond donors (Lipinski definition) is 1. The predicted octanol–water partition coefficient (Wildman–Crippen LogP) is 4.27. The zero-order chi connectivity index (χ0) is 24.4.